The molecule has 0 aliphatic carbocycles. The number of hydrogen-bond donors (Lipinski definition) is 2. The van der Waals surface area contributed by atoms with E-state index < -0.39 is 0 Å². The average molecular weight is 270 g/mol. The maximum atomic E-state index is 7.34. The number of halogens is 1. The second-order valence-corrected chi connectivity index (χ2v) is 4.11. The zero-order chi connectivity index (χ0) is 11.4. The standard InChI is InChI=1S/C11H16BrN3/c1-3-15(4-2)10-6-5-8(11(13)14)7-9(10)12/h5-7H,3-4H2,1-2H3,(H3,13,14). The highest BCUT2D eigenvalue weighted by Gasteiger charge is 2.07. The molecule has 1 aromatic carbocycles. The largest absolute Gasteiger partial charge is 0.384 e. The van der Waals surface area contributed by atoms with Crippen molar-refractivity contribution in [2.75, 3.05) is 18.0 Å². The Labute approximate surface area is 98.9 Å². The summed E-state index contributed by atoms with van der Waals surface area (Å²) in [5, 5.41) is 7.34. The van der Waals surface area contributed by atoms with Crippen LogP contribution in [0.1, 0.15) is 19.4 Å². The summed E-state index contributed by atoms with van der Waals surface area (Å²) >= 11 is 3.50. The van der Waals surface area contributed by atoms with Gasteiger partial charge in [0, 0.05) is 23.1 Å². The quantitative estimate of drug-likeness (QED) is 0.652. The minimum atomic E-state index is 0.0989. The van der Waals surface area contributed by atoms with Gasteiger partial charge < -0.3 is 10.6 Å². The monoisotopic (exact) mass is 269 g/mol. The molecule has 0 fully saturated rings. The first kappa shape index (κ1) is 12.0. The molecule has 4 heteroatoms. The van der Waals surface area contributed by atoms with Gasteiger partial charge in [-0.25, -0.2) is 0 Å². The number of hydrogen-bond acceptors (Lipinski definition) is 2. The summed E-state index contributed by atoms with van der Waals surface area (Å²) in [5.74, 6) is 0.0989. The summed E-state index contributed by atoms with van der Waals surface area (Å²) in [6, 6.07) is 5.75. The Morgan fingerprint density at radius 3 is 2.40 bits per heavy atom. The van der Waals surface area contributed by atoms with Gasteiger partial charge in [-0.05, 0) is 48.0 Å². The van der Waals surface area contributed by atoms with Crippen molar-refractivity contribution in [1.82, 2.24) is 0 Å². The highest BCUT2D eigenvalue weighted by atomic mass is 79.9. The van der Waals surface area contributed by atoms with Crippen molar-refractivity contribution < 1.29 is 0 Å². The molecule has 1 rings (SSSR count). The van der Waals surface area contributed by atoms with Crippen LogP contribution in [0.15, 0.2) is 22.7 Å². The molecule has 0 aliphatic heterocycles. The lowest BCUT2D eigenvalue weighted by Crippen LogP contribution is -2.22. The molecule has 0 spiro atoms. The molecule has 1 aromatic rings. The fourth-order valence-corrected chi connectivity index (χ4v) is 2.12. The number of anilines is 1. The van der Waals surface area contributed by atoms with Gasteiger partial charge in [0.05, 0.1) is 5.69 Å². The second-order valence-electron chi connectivity index (χ2n) is 3.25. The van der Waals surface area contributed by atoms with Crippen LogP contribution in [0.5, 0.6) is 0 Å². The summed E-state index contributed by atoms with van der Waals surface area (Å²) in [5.41, 5.74) is 7.31. The Morgan fingerprint density at radius 2 is 2.00 bits per heavy atom. The molecule has 0 saturated carbocycles. The molecule has 0 amide bonds. The predicted molar refractivity (Wildman–Crippen MR) is 68.7 cm³/mol. The van der Waals surface area contributed by atoms with Gasteiger partial charge in [0.1, 0.15) is 5.84 Å². The molecule has 0 heterocycles. The maximum absolute atomic E-state index is 7.34. The van der Waals surface area contributed by atoms with Crippen molar-refractivity contribution >= 4 is 27.5 Å². The van der Waals surface area contributed by atoms with Crippen LogP contribution in [-0.2, 0) is 0 Å². The van der Waals surface area contributed by atoms with Gasteiger partial charge in [-0.15, -0.1) is 0 Å². The molecule has 0 unspecified atom stereocenters. The summed E-state index contributed by atoms with van der Waals surface area (Å²) < 4.78 is 0.985. The number of nitrogens with two attached hydrogens (primary N) is 1. The number of nitrogens with zero attached hydrogens (tertiary/aromatic N) is 1. The van der Waals surface area contributed by atoms with Gasteiger partial charge >= 0.3 is 0 Å². The lowest BCUT2D eigenvalue weighted by Gasteiger charge is -2.22. The van der Waals surface area contributed by atoms with E-state index in [0.29, 0.717) is 0 Å². The first-order valence-corrected chi connectivity index (χ1v) is 5.78. The lowest BCUT2D eigenvalue weighted by atomic mass is 10.2. The fraction of sp³-hybridized carbons (Fsp3) is 0.364. The summed E-state index contributed by atoms with van der Waals surface area (Å²) in [4.78, 5) is 2.24. The summed E-state index contributed by atoms with van der Waals surface area (Å²) in [7, 11) is 0. The van der Waals surface area contributed by atoms with Gasteiger partial charge in [0.2, 0.25) is 0 Å². The highest BCUT2D eigenvalue weighted by molar-refractivity contribution is 9.10. The number of rotatable bonds is 4. The molecule has 0 atom stereocenters. The van der Waals surface area contributed by atoms with Gasteiger partial charge in [-0.1, -0.05) is 0 Å². The zero-order valence-electron chi connectivity index (χ0n) is 9.05. The Kier molecular flexibility index (Phi) is 4.15. The van der Waals surface area contributed by atoms with E-state index in [-0.39, 0.29) is 5.84 Å². The van der Waals surface area contributed by atoms with Crippen molar-refractivity contribution in [2.24, 2.45) is 5.73 Å². The molecular weight excluding hydrogens is 254 g/mol. The summed E-state index contributed by atoms with van der Waals surface area (Å²) in [6.45, 7) is 6.17. The molecule has 15 heavy (non-hydrogen) atoms. The average Bonchev–Trinajstić information content (AvgIpc) is 2.21. The first-order valence-electron chi connectivity index (χ1n) is 4.99. The molecule has 3 nitrogen and oxygen atoms in total. The normalized spacial score (nSPS) is 10.1. The van der Waals surface area contributed by atoms with Gasteiger partial charge in [-0.3, -0.25) is 5.41 Å². The molecule has 0 radical (unpaired) electrons. The number of nitrogen functional groups attached to an aromatic ring is 1. The fourth-order valence-electron chi connectivity index (χ4n) is 1.50. The van der Waals surface area contributed by atoms with Crippen molar-refractivity contribution in [2.45, 2.75) is 13.8 Å². The van der Waals surface area contributed by atoms with Crippen molar-refractivity contribution in [3.63, 3.8) is 0 Å². The molecule has 3 N–H and O–H groups in total. The highest BCUT2D eigenvalue weighted by Crippen LogP contribution is 2.27. The first-order chi connectivity index (χ1) is 7.10. The van der Waals surface area contributed by atoms with Crippen LogP contribution in [0.25, 0.3) is 0 Å². The third-order valence-corrected chi connectivity index (χ3v) is 3.00. The van der Waals surface area contributed by atoms with Gasteiger partial charge in [0.25, 0.3) is 0 Å². The Hall–Kier alpha value is -1.03. The van der Waals surface area contributed by atoms with Crippen LogP contribution in [0.2, 0.25) is 0 Å². The molecular formula is C11H16BrN3. The van der Waals surface area contributed by atoms with Gasteiger partial charge in [-0.2, -0.15) is 0 Å². The van der Waals surface area contributed by atoms with E-state index in [1.54, 1.807) is 0 Å². The molecule has 0 saturated heterocycles. The van der Waals surface area contributed by atoms with Crippen LogP contribution < -0.4 is 10.6 Å². The Bertz CT molecular complexity index is 359. The minimum absolute atomic E-state index is 0.0989. The van der Waals surface area contributed by atoms with Crippen LogP contribution >= 0.6 is 15.9 Å². The van der Waals surface area contributed by atoms with E-state index in [2.05, 4.69) is 34.7 Å². The van der Waals surface area contributed by atoms with Crippen molar-refractivity contribution in [3.05, 3.63) is 28.2 Å². The predicted octanol–water partition coefficient (Wildman–Crippen LogP) is 2.58. The van der Waals surface area contributed by atoms with E-state index in [1.807, 2.05) is 18.2 Å². The third-order valence-electron chi connectivity index (χ3n) is 2.36. The smallest absolute Gasteiger partial charge is 0.122 e. The van der Waals surface area contributed by atoms with Crippen molar-refractivity contribution in [1.29, 1.82) is 5.41 Å². The number of benzene rings is 1. The van der Waals surface area contributed by atoms with Crippen LogP contribution in [0.4, 0.5) is 5.69 Å². The summed E-state index contributed by atoms with van der Waals surface area (Å²) in [6.07, 6.45) is 0. The van der Waals surface area contributed by atoms with E-state index in [0.717, 1.165) is 28.8 Å². The van der Waals surface area contributed by atoms with Crippen LogP contribution in [-0.4, -0.2) is 18.9 Å². The number of nitrogens with one attached hydrogen (secondary N) is 1. The molecule has 0 aromatic heterocycles. The minimum Gasteiger partial charge on any atom is -0.384 e. The van der Waals surface area contributed by atoms with E-state index in [1.165, 1.54) is 0 Å². The number of amidine groups is 1. The molecule has 0 aliphatic rings. The zero-order valence-corrected chi connectivity index (χ0v) is 10.6. The topological polar surface area (TPSA) is 53.1 Å². The maximum Gasteiger partial charge on any atom is 0.122 e. The van der Waals surface area contributed by atoms with E-state index >= 15 is 0 Å². The van der Waals surface area contributed by atoms with Crippen molar-refractivity contribution in [3.8, 4) is 0 Å². The SMILES string of the molecule is CCN(CC)c1ccc(C(=N)N)cc1Br. The van der Waals surface area contributed by atoms with E-state index in [4.69, 9.17) is 11.1 Å². The lowest BCUT2D eigenvalue weighted by molar-refractivity contribution is 0.864. The second kappa shape index (κ2) is 5.16. The molecule has 82 valence electrons. The Morgan fingerprint density at radius 1 is 1.40 bits per heavy atom. The van der Waals surface area contributed by atoms with E-state index in [9.17, 15) is 0 Å². The Balaban J connectivity index is 3.07. The van der Waals surface area contributed by atoms with Crippen LogP contribution in [0, 0.1) is 5.41 Å². The van der Waals surface area contributed by atoms with Crippen LogP contribution in [0.3, 0.4) is 0 Å². The third kappa shape index (κ3) is 2.72. The van der Waals surface area contributed by atoms with Gasteiger partial charge in [0.15, 0.2) is 0 Å². The molecule has 0 bridgehead atoms.